The fourth-order valence-electron chi connectivity index (χ4n) is 1.56. The van der Waals surface area contributed by atoms with E-state index >= 15 is 0 Å². The Morgan fingerprint density at radius 3 is 2.68 bits per heavy atom. The summed E-state index contributed by atoms with van der Waals surface area (Å²) in [4.78, 5) is 14.1. The van der Waals surface area contributed by atoms with Gasteiger partial charge in [0.15, 0.2) is 11.6 Å². The lowest BCUT2D eigenvalue weighted by Crippen LogP contribution is -1.93. The fourth-order valence-corrected chi connectivity index (χ4v) is 1.77. The van der Waals surface area contributed by atoms with Crippen LogP contribution >= 0.6 is 11.6 Å². The largest absolute Gasteiger partial charge is 0.494 e. The maximum Gasteiger partial charge on any atom is 0.274 e. The molecule has 19 heavy (non-hydrogen) atoms. The first-order chi connectivity index (χ1) is 9.01. The minimum absolute atomic E-state index is 0.0274. The molecule has 1 heterocycles. The summed E-state index contributed by atoms with van der Waals surface area (Å²) in [5.74, 6) is -0.496. The molecule has 1 aromatic carbocycles. The first kappa shape index (κ1) is 13.2. The van der Waals surface area contributed by atoms with E-state index in [1.54, 1.807) is 6.07 Å². The van der Waals surface area contributed by atoms with Crippen molar-refractivity contribution in [1.29, 1.82) is 0 Å². The minimum atomic E-state index is -0.586. The number of hydrogen-bond acceptors (Lipinski definition) is 4. The predicted octanol–water partition coefficient (Wildman–Crippen LogP) is 3.46. The number of hydrogen-bond donors (Lipinski definition) is 0. The van der Waals surface area contributed by atoms with Gasteiger partial charge in [0.1, 0.15) is 5.15 Å². The Hall–Kier alpha value is -2.21. The van der Waals surface area contributed by atoms with Crippen LogP contribution < -0.4 is 4.74 Å². The molecule has 2 aromatic rings. The Morgan fingerprint density at radius 2 is 2.11 bits per heavy atom. The van der Waals surface area contributed by atoms with Crippen LogP contribution in [-0.4, -0.2) is 17.0 Å². The average Bonchev–Trinajstić information content (AvgIpc) is 2.37. The van der Waals surface area contributed by atoms with Crippen LogP contribution in [0.3, 0.4) is 0 Å². The Bertz CT molecular complexity index is 649. The van der Waals surface area contributed by atoms with Crippen molar-refractivity contribution in [2.75, 3.05) is 7.11 Å². The Balaban J connectivity index is 2.52. The maximum atomic E-state index is 13.6. The molecular weight excluding hydrogens is 275 g/mol. The van der Waals surface area contributed by atoms with Crippen LogP contribution in [0, 0.1) is 15.9 Å². The second-order valence-corrected chi connectivity index (χ2v) is 4.03. The molecule has 0 saturated carbocycles. The second kappa shape index (κ2) is 5.19. The van der Waals surface area contributed by atoms with Gasteiger partial charge >= 0.3 is 0 Å². The van der Waals surface area contributed by atoms with Crippen LogP contribution in [0.2, 0.25) is 5.15 Å². The van der Waals surface area contributed by atoms with Gasteiger partial charge in [0, 0.05) is 11.6 Å². The van der Waals surface area contributed by atoms with E-state index in [9.17, 15) is 14.5 Å². The molecule has 5 nitrogen and oxygen atoms in total. The zero-order valence-electron chi connectivity index (χ0n) is 9.76. The van der Waals surface area contributed by atoms with E-state index in [-0.39, 0.29) is 22.3 Å². The van der Waals surface area contributed by atoms with Gasteiger partial charge in [-0.25, -0.2) is 9.37 Å². The van der Waals surface area contributed by atoms with Crippen LogP contribution in [0.5, 0.6) is 5.75 Å². The lowest BCUT2D eigenvalue weighted by Gasteiger charge is -2.05. The molecule has 0 aliphatic rings. The highest BCUT2D eigenvalue weighted by Gasteiger charge is 2.13. The molecule has 0 saturated heterocycles. The standard InChI is InChI=1S/C12H8ClFN2O3/c1-19-11-3-2-7(4-9(11)14)10-5-8(16(17)18)6-12(13)15-10/h2-6H,1H3. The Kier molecular flexibility index (Phi) is 3.62. The molecule has 1 aromatic heterocycles. The van der Waals surface area contributed by atoms with Gasteiger partial charge in [-0.15, -0.1) is 0 Å². The molecule has 0 amide bonds. The molecule has 0 N–H and O–H groups in total. The van der Waals surface area contributed by atoms with E-state index in [0.717, 1.165) is 6.07 Å². The quantitative estimate of drug-likeness (QED) is 0.491. The summed E-state index contributed by atoms with van der Waals surface area (Å²) in [6.45, 7) is 0. The third-order valence-electron chi connectivity index (χ3n) is 2.44. The van der Waals surface area contributed by atoms with Crippen LogP contribution in [0.15, 0.2) is 30.3 Å². The number of nitrogens with zero attached hydrogens (tertiary/aromatic N) is 2. The number of aromatic nitrogens is 1. The smallest absolute Gasteiger partial charge is 0.274 e. The third kappa shape index (κ3) is 2.79. The van der Waals surface area contributed by atoms with Gasteiger partial charge in [-0.1, -0.05) is 11.6 Å². The molecule has 7 heteroatoms. The molecule has 0 spiro atoms. The summed E-state index contributed by atoms with van der Waals surface area (Å²) >= 11 is 5.71. The summed E-state index contributed by atoms with van der Waals surface area (Å²) < 4.78 is 18.4. The predicted molar refractivity (Wildman–Crippen MR) is 67.8 cm³/mol. The summed E-state index contributed by atoms with van der Waals surface area (Å²) in [6, 6.07) is 6.50. The topological polar surface area (TPSA) is 65.3 Å². The van der Waals surface area contributed by atoms with E-state index in [4.69, 9.17) is 16.3 Å². The number of methoxy groups -OCH3 is 1. The van der Waals surface area contributed by atoms with E-state index in [1.165, 1.54) is 25.3 Å². The van der Waals surface area contributed by atoms with Crippen molar-refractivity contribution in [3.05, 3.63) is 51.4 Å². The highest BCUT2D eigenvalue weighted by atomic mass is 35.5. The van der Waals surface area contributed by atoms with Gasteiger partial charge in [-0.2, -0.15) is 0 Å². The number of pyridine rings is 1. The number of halogens is 2. The fraction of sp³-hybridized carbons (Fsp3) is 0.0833. The maximum absolute atomic E-state index is 13.6. The van der Waals surface area contributed by atoms with Crippen LogP contribution in [0.1, 0.15) is 0 Å². The molecule has 2 rings (SSSR count). The van der Waals surface area contributed by atoms with E-state index in [1.807, 2.05) is 0 Å². The van der Waals surface area contributed by atoms with Gasteiger partial charge in [-0.05, 0) is 18.2 Å². The Labute approximate surface area is 112 Å². The zero-order valence-corrected chi connectivity index (χ0v) is 10.5. The summed E-state index contributed by atoms with van der Waals surface area (Å²) in [5.41, 5.74) is 0.399. The average molecular weight is 283 g/mol. The normalized spacial score (nSPS) is 10.3. The molecule has 0 unspecified atom stereocenters. The summed E-state index contributed by atoms with van der Waals surface area (Å²) in [5, 5.41) is 10.7. The van der Waals surface area contributed by atoms with Crippen molar-refractivity contribution in [3.8, 4) is 17.0 Å². The number of benzene rings is 1. The number of ether oxygens (including phenoxy) is 1. The van der Waals surface area contributed by atoms with Crippen molar-refractivity contribution in [2.24, 2.45) is 0 Å². The monoisotopic (exact) mass is 282 g/mol. The molecule has 98 valence electrons. The van der Waals surface area contributed by atoms with Gasteiger partial charge in [0.05, 0.1) is 23.8 Å². The first-order valence-corrected chi connectivity index (χ1v) is 5.55. The van der Waals surface area contributed by atoms with E-state index in [0.29, 0.717) is 5.56 Å². The number of nitro groups is 1. The van der Waals surface area contributed by atoms with Crippen molar-refractivity contribution < 1.29 is 14.1 Å². The van der Waals surface area contributed by atoms with Gasteiger partial charge in [-0.3, -0.25) is 10.1 Å². The molecule has 0 aliphatic heterocycles. The molecular formula is C12H8ClFN2O3. The highest BCUT2D eigenvalue weighted by Crippen LogP contribution is 2.28. The Morgan fingerprint density at radius 1 is 1.37 bits per heavy atom. The molecule has 0 radical (unpaired) electrons. The lowest BCUT2D eigenvalue weighted by molar-refractivity contribution is -0.384. The van der Waals surface area contributed by atoms with Gasteiger partial charge in [0.2, 0.25) is 0 Å². The van der Waals surface area contributed by atoms with Crippen molar-refractivity contribution >= 4 is 17.3 Å². The zero-order chi connectivity index (χ0) is 14.0. The lowest BCUT2D eigenvalue weighted by atomic mass is 10.1. The molecule has 0 bridgehead atoms. The van der Waals surface area contributed by atoms with Crippen LogP contribution in [0.25, 0.3) is 11.3 Å². The second-order valence-electron chi connectivity index (χ2n) is 3.64. The van der Waals surface area contributed by atoms with Crippen molar-refractivity contribution in [1.82, 2.24) is 4.98 Å². The van der Waals surface area contributed by atoms with Gasteiger partial charge in [0.25, 0.3) is 5.69 Å². The molecule has 0 fully saturated rings. The van der Waals surface area contributed by atoms with Crippen molar-refractivity contribution in [2.45, 2.75) is 0 Å². The first-order valence-electron chi connectivity index (χ1n) is 5.17. The third-order valence-corrected chi connectivity index (χ3v) is 2.63. The van der Waals surface area contributed by atoms with Gasteiger partial charge < -0.3 is 4.74 Å². The van der Waals surface area contributed by atoms with Crippen LogP contribution in [-0.2, 0) is 0 Å². The van der Waals surface area contributed by atoms with Crippen LogP contribution in [0.4, 0.5) is 10.1 Å². The van der Waals surface area contributed by atoms with E-state index in [2.05, 4.69) is 4.98 Å². The molecule has 0 aliphatic carbocycles. The summed E-state index contributed by atoms with van der Waals surface area (Å²) in [6.07, 6.45) is 0. The SMILES string of the molecule is COc1ccc(-c2cc([N+](=O)[O-])cc(Cl)n2)cc1F. The highest BCUT2D eigenvalue weighted by molar-refractivity contribution is 6.29. The molecule has 0 atom stereocenters. The van der Waals surface area contributed by atoms with Crippen molar-refractivity contribution in [3.63, 3.8) is 0 Å². The van der Waals surface area contributed by atoms with E-state index < -0.39 is 10.7 Å². The minimum Gasteiger partial charge on any atom is -0.494 e. The number of rotatable bonds is 3. The summed E-state index contributed by atoms with van der Waals surface area (Å²) in [7, 11) is 1.35.